The van der Waals surface area contributed by atoms with Crippen LogP contribution in [0, 0.1) is 6.92 Å². The molecule has 3 amide bonds. The number of carbonyl (C=O) groups is 3. The van der Waals surface area contributed by atoms with Crippen LogP contribution in [0.1, 0.15) is 94.5 Å². The fourth-order valence-corrected chi connectivity index (χ4v) is 8.95. The number of halogens is 1. The highest BCUT2D eigenvalue weighted by Crippen LogP contribution is 2.31. The standard InChI is InChI=1S/C47H55ClN6O6S/c1-5-7-20-52(21-8-6-2)47(57)44-43(48)33(4)54(49-44)41-19-17-36(29-40(41)46(56)53-31-37-13-10-9-12-35(37)28-32(53)3)45(55)50-61(58)38-18-16-34-14-11-15-42(39(34)30-38)60-27-24-51-22-25-59-26-23-51/h9-19,29-30,32H,5-8,20-28,31H2,1-4H3,(H,50,55). The lowest BCUT2D eigenvalue weighted by Crippen LogP contribution is -2.43. The van der Waals surface area contributed by atoms with E-state index in [1.165, 1.54) is 16.3 Å². The second-order valence-corrected chi connectivity index (χ2v) is 17.4. The lowest BCUT2D eigenvalue weighted by atomic mass is 9.94. The number of hydrogen-bond acceptors (Lipinski definition) is 8. The molecular weight excluding hydrogens is 812 g/mol. The van der Waals surface area contributed by atoms with Crippen molar-refractivity contribution in [3.8, 4) is 11.4 Å². The fourth-order valence-electron chi connectivity index (χ4n) is 7.93. The van der Waals surface area contributed by atoms with Crippen molar-refractivity contribution in [2.45, 2.75) is 77.3 Å². The Morgan fingerprint density at radius 2 is 1.69 bits per heavy atom. The minimum atomic E-state index is -1.95. The maximum atomic E-state index is 14.8. The first-order valence-electron chi connectivity index (χ1n) is 21.3. The molecule has 0 radical (unpaired) electrons. The third kappa shape index (κ3) is 10.0. The highest BCUT2D eigenvalue weighted by atomic mass is 35.5. The third-order valence-electron chi connectivity index (χ3n) is 11.6. The third-order valence-corrected chi connectivity index (χ3v) is 13.1. The molecule has 1 saturated heterocycles. The number of morpholine rings is 1. The monoisotopic (exact) mass is 866 g/mol. The molecule has 2 aliphatic heterocycles. The van der Waals surface area contributed by atoms with E-state index in [4.69, 9.17) is 26.2 Å². The van der Waals surface area contributed by atoms with Gasteiger partial charge in [0.25, 0.3) is 17.7 Å². The van der Waals surface area contributed by atoms with E-state index >= 15 is 0 Å². The number of ether oxygens (including phenoxy) is 2. The van der Waals surface area contributed by atoms with Crippen LogP contribution < -0.4 is 9.46 Å². The molecule has 61 heavy (non-hydrogen) atoms. The smallest absolute Gasteiger partial charge is 0.275 e. The summed E-state index contributed by atoms with van der Waals surface area (Å²) < 4.78 is 29.7. The number of hydrogen-bond donors (Lipinski definition) is 1. The molecular formula is C47H55ClN6O6S. The van der Waals surface area contributed by atoms with Gasteiger partial charge >= 0.3 is 0 Å². The van der Waals surface area contributed by atoms with Gasteiger partial charge in [0, 0.05) is 56.3 Å². The van der Waals surface area contributed by atoms with Crippen molar-refractivity contribution in [1.82, 2.24) is 29.2 Å². The summed E-state index contributed by atoms with van der Waals surface area (Å²) in [6.07, 6.45) is 4.23. The molecule has 1 aromatic heterocycles. The highest BCUT2D eigenvalue weighted by Gasteiger charge is 2.32. The van der Waals surface area contributed by atoms with E-state index in [-0.39, 0.29) is 39.7 Å². The van der Waals surface area contributed by atoms with Crippen LogP contribution in [0.4, 0.5) is 0 Å². The summed E-state index contributed by atoms with van der Waals surface area (Å²) in [6, 6.07) is 23.8. The summed E-state index contributed by atoms with van der Waals surface area (Å²) >= 11 is 6.89. The number of amides is 3. The minimum absolute atomic E-state index is 0.114. The van der Waals surface area contributed by atoms with Gasteiger partial charge in [-0.15, -0.1) is 0 Å². The molecule has 2 aliphatic rings. The van der Waals surface area contributed by atoms with Gasteiger partial charge in [-0.2, -0.15) is 5.10 Å². The second-order valence-electron chi connectivity index (χ2n) is 15.8. The van der Waals surface area contributed by atoms with E-state index in [9.17, 15) is 18.6 Å². The van der Waals surface area contributed by atoms with Crippen LogP contribution in [0.5, 0.6) is 5.75 Å². The van der Waals surface area contributed by atoms with Gasteiger partial charge in [-0.1, -0.05) is 80.8 Å². The van der Waals surface area contributed by atoms with Crippen LogP contribution in [0.3, 0.4) is 0 Å². The number of benzene rings is 4. The van der Waals surface area contributed by atoms with Crippen LogP contribution in [0.2, 0.25) is 5.02 Å². The van der Waals surface area contributed by atoms with Crippen LogP contribution in [-0.2, 0) is 28.7 Å². The summed E-state index contributed by atoms with van der Waals surface area (Å²) in [4.78, 5) is 49.0. The Labute approximate surface area is 365 Å². The minimum Gasteiger partial charge on any atom is -0.492 e. The predicted molar refractivity (Wildman–Crippen MR) is 239 cm³/mol. The van der Waals surface area contributed by atoms with Gasteiger partial charge in [0.1, 0.15) is 12.4 Å². The zero-order valence-corrected chi connectivity index (χ0v) is 37.0. The summed E-state index contributed by atoms with van der Waals surface area (Å²) in [6.45, 7) is 13.9. The van der Waals surface area contributed by atoms with E-state index < -0.39 is 16.9 Å². The molecule has 4 aromatic carbocycles. The Morgan fingerprint density at radius 3 is 2.43 bits per heavy atom. The average Bonchev–Trinajstić information content (AvgIpc) is 3.58. The Kier molecular flexibility index (Phi) is 14.6. The number of aromatic nitrogens is 2. The van der Waals surface area contributed by atoms with E-state index in [1.54, 1.807) is 41.0 Å². The largest absolute Gasteiger partial charge is 0.492 e. The lowest BCUT2D eigenvalue weighted by molar-refractivity contribution is 0.0323. The van der Waals surface area contributed by atoms with Crippen LogP contribution in [0.25, 0.3) is 16.5 Å². The van der Waals surface area contributed by atoms with Crippen molar-refractivity contribution >= 4 is 51.1 Å². The number of nitrogens with one attached hydrogen (secondary N) is 1. The quantitative estimate of drug-likeness (QED) is 0.107. The van der Waals surface area contributed by atoms with Crippen molar-refractivity contribution < 1.29 is 28.1 Å². The zero-order chi connectivity index (χ0) is 43.0. The molecule has 12 nitrogen and oxygen atoms in total. The van der Waals surface area contributed by atoms with Crippen LogP contribution in [-0.4, -0.2) is 105 Å². The normalized spacial score (nSPS) is 16.0. The first kappa shape index (κ1) is 44.0. The van der Waals surface area contributed by atoms with E-state index in [0.29, 0.717) is 67.9 Å². The van der Waals surface area contributed by atoms with Gasteiger partial charge in [-0.25, -0.2) is 8.89 Å². The van der Waals surface area contributed by atoms with Crippen molar-refractivity contribution in [3.63, 3.8) is 0 Å². The maximum absolute atomic E-state index is 14.8. The molecule has 322 valence electrons. The van der Waals surface area contributed by atoms with Crippen molar-refractivity contribution in [3.05, 3.63) is 118 Å². The molecule has 0 aliphatic carbocycles. The molecule has 2 atom stereocenters. The van der Waals surface area contributed by atoms with E-state index in [2.05, 4.69) is 29.5 Å². The number of unbranched alkanes of at least 4 members (excludes halogenated alkanes) is 2. The highest BCUT2D eigenvalue weighted by molar-refractivity contribution is 7.83. The summed E-state index contributed by atoms with van der Waals surface area (Å²) in [5.41, 5.74) is 3.54. The van der Waals surface area contributed by atoms with Crippen molar-refractivity contribution in [1.29, 1.82) is 0 Å². The van der Waals surface area contributed by atoms with Crippen LogP contribution >= 0.6 is 11.6 Å². The zero-order valence-electron chi connectivity index (χ0n) is 35.5. The lowest BCUT2D eigenvalue weighted by Gasteiger charge is -2.35. The van der Waals surface area contributed by atoms with Gasteiger partial charge < -0.3 is 19.3 Å². The molecule has 0 bridgehead atoms. The van der Waals surface area contributed by atoms with Crippen LogP contribution in [0.15, 0.2) is 83.8 Å². The number of fused-ring (bicyclic) bond motifs is 2. The molecule has 3 heterocycles. The van der Waals surface area contributed by atoms with E-state index in [1.807, 2.05) is 49.4 Å². The topological polar surface area (TPSA) is 126 Å². The summed E-state index contributed by atoms with van der Waals surface area (Å²) in [5.74, 6) is -0.533. The van der Waals surface area contributed by atoms with Gasteiger partial charge in [-0.05, 0) is 86.0 Å². The van der Waals surface area contributed by atoms with Crippen molar-refractivity contribution in [2.24, 2.45) is 0 Å². The van der Waals surface area contributed by atoms with Crippen molar-refractivity contribution in [2.75, 3.05) is 52.5 Å². The maximum Gasteiger partial charge on any atom is 0.275 e. The first-order chi connectivity index (χ1) is 29.6. The fraction of sp³-hybridized carbons (Fsp3) is 0.404. The van der Waals surface area contributed by atoms with Gasteiger partial charge in [0.2, 0.25) is 0 Å². The number of nitrogens with zero attached hydrogens (tertiary/aromatic N) is 5. The SMILES string of the molecule is CCCCN(CCCC)C(=O)c1nn(-c2ccc(C(=O)NS(=O)c3ccc4cccc(OCCN5CCOCC5)c4c3)cc2C(=O)N2Cc3ccccc3CC2C)c(C)c1Cl. The molecule has 14 heteroatoms. The summed E-state index contributed by atoms with van der Waals surface area (Å²) in [7, 11) is -1.95. The molecule has 7 rings (SSSR count). The Hall–Kier alpha value is -5.08. The van der Waals surface area contributed by atoms with Gasteiger partial charge in [0.05, 0.1) is 40.1 Å². The summed E-state index contributed by atoms with van der Waals surface area (Å²) in [5, 5.41) is 6.66. The van der Waals surface area contributed by atoms with Gasteiger partial charge in [0.15, 0.2) is 16.7 Å². The molecule has 0 spiro atoms. The molecule has 2 unspecified atom stereocenters. The molecule has 1 N–H and O–H groups in total. The van der Waals surface area contributed by atoms with E-state index in [0.717, 1.165) is 61.7 Å². The molecule has 0 saturated carbocycles. The average molecular weight is 868 g/mol. The Balaban J connectivity index is 1.18. The molecule has 1 fully saturated rings. The second kappa shape index (κ2) is 20.2. The first-order valence-corrected chi connectivity index (χ1v) is 22.9. The number of carbonyl (C=O) groups excluding carboxylic acids is 3. The van der Waals surface area contributed by atoms with Gasteiger partial charge in [-0.3, -0.25) is 24.0 Å². The molecule has 5 aromatic rings. The predicted octanol–water partition coefficient (Wildman–Crippen LogP) is 7.78. The Bertz CT molecular complexity index is 2410. The number of rotatable bonds is 16. The Morgan fingerprint density at radius 1 is 0.951 bits per heavy atom.